The largest absolute Gasteiger partial charge is 0.469 e. The normalized spacial score (nSPS) is 24.8. The Morgan fingerprint density at radius 3 is 1.73 bits per heavy atom. The molecule has 0 bridgehead atoms. The smallest absolute Gasteiger partial charge is 0.305 e. The topological polar surface area (TPSA) is 61.8 Å². The molecular weight excluding hydrogens is 412 g/mol. The highest BCUT2D eigenvalue weighted by molar-refractivity contribution is 6.70. The number of unbranched alkanes of at least 4 members (excludes halogenated alkanes) is 2. The van der Waals surface area contributed by atoms with Gasteiger partial charge in [-0.1, -0.05) is 19.8 Å². The SMILES string of the molecule is CCCCCC(=O)CCC1C(O[Si](C)(C)C)CC(O[Si](C)(C)C)C1CCC(=O)OC. The molecule has 30 heavy (non-hydrogen) atoms. The Morgan fingerprint density at radius 1 is 0.800 bits per heavy atom. The van der Waals surface area contributed by atoms with Crippen LogP contribution >= 0.6 is 0 Å². The van der Waals surface area contributed by atoms with Crippen LogP contribution in [0.4, 0.5) is 0 Å². The fourth-order valence-corrected chi connectivity index (χ4v) is 6.88. The summed E-state index contributed by atoms with van der Waals surface area (Å²) < 4.78 is 18.1. The molecular formula is C23H46O5Si2. The average Bonchev–Trinajstić information content (AvgIpc) is 2.90. The minimum atomic E-state index is -1.74. The van der Waals surface area contributed by atoms with Gasteiger partial charge in [-0.05, 0) is 76.8 Å². The van der Waals surface area contributed by atoms with Crippen molar-refractivity contribution in [2.45, 2.75) is 116 Å². The number of Topliss-reactive ketones (excluding diaryl/α,β-unsaturated/α-hetero) is 1. The van der Waals surface area contributed by atoms with Crippen LogP contribution in [0.1, 0.15) is 64.7 Å². The van der Waals surface area contributed by atoms with Gasteiger partial charge in [-0.2, -0.15) is 0 Å². The van der Waals surface area contributed by atoms with Gasteiger partial charge < -0.3 is 13.6 Å². The van der Waals surface area contributed by atoms with E-state index >= 15 is 0 Å². The van der Waals surface area contributed by atoms with Gasteiger partial charge in [0.15, 0.2) is 16.6 Å². The average molecular weight is 459 g/mol. The van der Waals surface area contributed by atoms with Crippen molar-refractivity contribution >= 4 is 28.4 Å². The van der Waals surface area contributed by atoms with E-state index < -0.39 is 16.6 Å². The van der Waals surface area contributed by atoms with Gasteiger partial charge in [0.2, 0.25) is 0 Å². The van der Waals surface area contributed by atoms with E-state index in [9.17, 15) is 9.59 Å². The lowest BCUT2D eigenvalue weighted by atomic mass is 9.85. The zero-order valence-corrected chi connectivity index (χ0v) is 22.7. The van der Waals surface area contributed by atoms with Crippen molar-refractivity contribution in [3.8, 4) is 0 Å². The van der Waals surface area contributed by atoms with Crippen molar-refractivity contribution in [3.63, 3.8) is 0 Å². The molecule has 1 fully saturated rings. The molecule has 4 atom stereocenters. The van der Waals surface area contributed by atoms with Gasteiger partial charge in [0.1, 0.15) is 5.78 Å². The number of hydrogen-bond acceptors (Lipinski definition) is 5. The third kappa shape index (κ3) is 10.7. The molecule has 0 spiro atoms. The van der Waals surface area contributed by atoms with E-state index in [-0.39, 0.29) is 30.0 Å². The highest BCUT2D eigenvalue weighted by Gasteiger charge is 2.46. The summed E-state index contributed by atoms with van der Waals surface area (Å²) in [7, 11) is -2.04. The Balaban J connectivity index is 2.96. The van der Waals surface area contributed by atoms with E-state index in [0.29, 0.717) is 25.0 Å². The first-order valence-corrected chi connectivity index (χ1v) is 18.6. The molecule has 1 aliphatic rings. The molecule has 0 radical (unpaired) electrons. The van der Waals surface area contributed by atoms with Crippen LogP contribution in [0.25, 0.3) is 0 Å². The fourth-order valence-electron chi connectivity index (χ4n) is 4.52. The summed E-state index contributed by atoms with van der Waals surface area (Å²) in [4.78, 5) is 24.3. The third-order valence-electron chi connectivity index (χ3n) is 5.70. The molecule has 0 aliphatic heterocycles. The molecule has 0 aromatic carbocycles. The van der Waals surface area contributed by atoms with Gasteiger partial charge in [0.05, 0.1) is 19.3 Å². The predicted octanol–water partition coefficient (Wildman–Crippen LogP) is 5.95. The van der Waals surface area contributed by atoms with Gasteiger partial charge in [-0.25, -0.2) is 0 Å². The van der Waals surface area contributed by atoms with Gasteiger partial charge in [0, 0.05) is 19.3 Å². The monoisotopic (exact) mass is 458 g/mol. The Bertz CT molecular complexity index is 539. The van der Waals surface area contributed by atoms with E-state index in [1.165, 1.54) is 7.11 Å². The van der Waals surface area contributed by atoms with Gasteiger partial charge >= 0.3 is 5.97 Å². The quantitative estimate of drug-likeness (QED) is 0.183. The molecule has 1 aliphatic carbocycles. The summed E-state index contributed by atoms with van der Waals surface area (Å²) >= 11 is 0. The Hall–Kier alpha value is -0.506. The second kappa shape index (κ2) is 12.5. The molecule has 1 saturated carbocycles. The number of hydrogen-bond donors (Lipinski definition) is 0. The molecule has 1 rings (SSSR count). The van der Waals surface area contributed by atoms with E-state index in [0.717, 1.165) is 38.5 Å². The minimum Gasteiger partial charge on any atom is -0.469 e. The second-order valence-corrected chi connectivity index (χ2v) is 19.7. The predicted molar refractivity (Wildman–Crippen MR) is 128 cm³/mol. The number of carbonyl (C=O) groups excluding carboxylic acids is 2. The number of rotatable bonds is 14. The maximum atomic E-state index is 12.5. The first kappa shape index (κ1) is 27.5. The van der Waals surface area contributed by atoms with Crippen molar-refractivity contribution < 1.29 is 23.2 Å². The first-order chi connectivity index (χ1) is 13.9. The first-order valence-electron chi connectivity index (χ1n) is 11.8. The van der Waals surface area contributed by atoms with Crippen molar-refractivity contribution in [2.24, 2.45) is 11.8 Å². The molecule has 0 heterocycles. The standard InChI is InChI=1S/C23H46O5Si2/c1-9-10-11-12-18(24)13-14-19-20(15-16-23(25)26-2)22(28-30(6,7)8)17-21(19)27-29(3,4)5/h19-22H,9-17H2,1-8H3. The van der Waals surface area contributed by atoms with E-state index in [2.05, 4.69) is 46.2 Å². The Labute approximate surface area is 186 Å². The number of methoxy groups -OCH3 is 1. The van der Waals surface area contributed by atoms with Crippen LogP contribution in [0.15, 0.2) is 0 Å². The summed E-state index contributed by atoms with van der Waals surface area (Å²) in [6, 6.07) is 0. The summed E-state index contributed by atoms with van der Waals surface area (Å²) in [6.07, 6.45) is 7.57. The van der Waals surface area contributed by atoms with Gasteiger partial charge in [-0.15, -0.1) is 0 Å². The summed E-state index contributed by atoms with van der Waals surface area (Å²) in [6.45, 7) is 15.4. The van der Waals surface area contributed by atoms with Gasteiger partial charge in [-0.3, -0.25) is 9.59 Å². The Morgan fingerprint density at radius 2 is 1.30 bits per heavy atom. The van der Waals surface area contributed by atoms with Crippen LogP contribution in [0.5, 0.6) is 0 Å². The molecule has 0 aromatic heterocycles. The molecule has 4 unspecified atom stereocenters. The molecule has 0 saturated heterocycles. The van der Waals surface area contributed by atoms with Crippen molar-refractivity contribution in [3.05, 3.63) is 0 Å². The van der Waals surface area contributed by atoms with Crippen LogP contribution in [-0.2, 0) is 23.2 Å². The van der Waals surface area contributed by atoms with Gasteiger partial charge in [0.25, 0.3) is 0 Å². The van der Waals surface area contributed by atoms with Crippen LogP contribution in [0, 0.1) is 11.8 Å². The second-order valence-electron chi connectivity index (χ2n) is 10.8. The number of ketones is 1. The highest BCUT2D eigenvalue weighted by atomic mass is 28.4. The maximum Gasteiger partial charge on any atom is 0.305 e. The van der Waals surface area contributed by atoms with Crippen LogP contribution < -0.4 is 0 Å². The summed E-state index contributed by atoms with van der Waals surface area (Å²) in [5.41, 5.74) is 0. The number of carbonyl (C=O) groups is 2. The van der Waals surface area contributed by atoms with Crippen molar-refractivity contribution in [2.75, 3.05) is 7.11 Å². The zero-order chi connectivity index (χ0) is 22.9. The van der Waals surface area contributed by atoms with E-state index in [1.807, 2.05) is 0 Å². The van der Waals surface area contributed by atoms with Crippen LogP contribution in [0.3, 0.4) is 0 Å². The molecule has 0 aromatic rings. The zero-order valence-electron chi connectivity index (χ0n) is 20.7. The van der Waals surface area contributed by atoms with E-state index in [4.69, 9.17) is 13.6 Å². The van der Waals surface area contributed by atoms with Crippen LogP contribution in [-0.4, -0.2) is 47.7 Å². The molecule has 7 heteroatoms. The lowest BCUT2D eigenvalue weighted by Crippen LogP contribution is -2.35. The third-order valence-corrected chi connectivity index (χ3v) is 7.72. The summed E-state index contributed by atoms with van der Waals surface area (Å²) in [5, 5.41) is 0. The fraction of sp³-hybridized carbons (Fsp3) is 0.913. The lowest BCUT2D eigenvalue weighted by molar-refractivity contribution is -0.141. The minimum absolute atomic E-state index is 0.0999. The van der Waals surface area contributed by atoms with E-state index in [1.54, 1.807) is 0 Å². The molecule has 0 amide bonds. The molecule has 0 N–H and O–H groups in total. The highest BCUT2D eigenvalue weighted by Crippen LogP contribution is 2.43. The lowest BCUT2D eigenvalue weighted by Gasteiger charge is -2.31. The number of ether oxygens (including phenoxy) is 1. The molecule has 176 valence electrons. The van der Waals surface area contributed by atoms with Crippen molar-refractivity contribution in [1.82, 2.24) is 0 Å². The van der Waals surface area contributed by atoms with Crippen molar-refractivity contribution in [1.29, 1.82) is 0 Å². The number of esters is 1. The summed E-state index contributed by atoms with van der Waals surface area (Å²) in [5.74, 6) is 0.681. The maximum absolute atomic E-state index is 12.5. The van der Waals surface area contributed by atoms with Crippen LogP contribution in [0.2, 0.25) is 39.3 Å². The Kier molecular flexibility index (Phi) is 11.5. The molecule has 5 nitrogen and oxygen atoms in total.